The normalized spacial score (nSPS) is 23.1. The molecule has 4 heteroatoms. The lowest BCUT2D eigenvalue weighted by Gasteiger charge is -2.45. The number of piperidine rings is 1. The van der Waals surface area contributed by atoms with Gasteiger partial charge in [-0.3, -0.25) is 4.90 Å². The SMILES string of the molecule is CCNCc1ccc(Br)cc1N1CCN2CCCCC2C1. The summed E-state index contributed by atoms with van der Waals surface area (Å²) in [5, 5.41) is 3.47. The van der Waals surface area contributed by atoms with E-state index in [9.17, 15) is 0 Å². The molecule has 0 saturated carbocycles. The van der Waals surface area contributed by atoms with Crippen LogP contribution in [-0.4, -0.2) is 43.7 Å². The summed E-state index contributed by atoms with van der Waals surface area (Å²) in [4.78, 5) is 5.30. The van der Waals surface area contributed by atoms with E-state index < -0.39 is 0 Å². The molecule has 1 unspecified atom stereocenters. The van der Waals surface area contributed by atoms with Crippen molar-refractivity contribution in [2.75, 3.05) is 37.6 Å². The van der Waals surface area contributed by atoms with E-state index in [4.69, 9.17) is 0 Å². The smallest absolute Gasteiger partial charge is 0.0424 e. The van der Waals surface area contributed by atoms with Gasteiger partial charge < -0.3 is 10.2 Å². The molecule has 1 aromatic rings. The quantitative estimate of drug-likeness (QED) is 0.898. The number of hydrogen-bond acceptors (Lipinski definition) is 3. The van der Waals surface area contributed by atoms with Gasteiger partial charge in [0.15, 0.2) is 0 Å². The molecule has 0 aromatic heterocycles. The van der Waals surface area contributed by atoms with Gasteiger partial charge in [0, 0.05) is 42.4 Å². The van der Waals surface area contributed by atoms with Crippen molar-refractivity contribution in [2.45, 2.75) is 38.8 Å². The minimum atomic E-state index is 0.762. The largest absolute Gasteiger partial charge is 0.368 e. The van der Waals surface area contributed by atoms with Gasteiger partial charge in [0.25, 0.3) is 0 Å². The second-order valence-electron chi connectivity index (χ2n) is 6.18. The topological polar surface area (TPSA) is 18.5 Å². The molecule has 0 spiro atoms. The molecule has 0 aliphatic carbocycles. The second kappa shape index (κ2) is 7.12. The number of rotatable bonds is 4. The molecule has 2 heterocycles. The zero-order chi connectivity index (χ0) is 14.7. The predicted octanol–water partition coefficient (Wildman–Crippen LogP) is 3.23. The fraction of sp³-hybridized carbons (Fsp3) is 0.647. The van der Waals surface area contributed by atoms with Gasteiger partial charge >= 0.3 is 0 Å². The highest BCUT2D eigenvalue weighted by Gasteiger charge is 2.29. The summed E-state index contributed by atoms with van der Waals surface area (Å²) in [6.45, 7) is 9.02. The Morgan fingerprint density at radius 2 is 2.14 bits per heavy atom. The first-order valence-electron chi connectivity index (χ1n) is 8.26. The van der Waals surface area contributed by atoms with Crippen molar-refractivity contribution in [2.24, 2.45) is 0 Å². The maximum absolute atomic E-state index is 3.64. The minimum absolute atomic E-state index is 0.762. The van der Waals surface area contributed by atoms with Crippen molar-refractivity contribution < 1.29 is 0 Å². The van der Waals surface area contributed by atoms with Crippen LogP contribution in [0.1, 0.15) is 31.7 Å². The molecule has 0 radical (unpaired) electrons. The van der Waals surface area contributed by atoms with E-state index in [1.54, 1.807) is 0 Å². The first-order valence-corrected chi connectivity index (χ1v) is 9.05. The Hall–Kier alpha value is -0.580. The number of benzene rings is 1. The molecule has 3 rings (SSSR count). The lowest BCUT2D eigenvalue weighted by atomic mass is 9.98. The van der Waals surface area contributed by atoms with Crippen LogP contribution in [0.4, 0.5) is 5.69 Å². The van der Waals surface area contributed by atoms with Crippen LogP contribution in [0.3, 0.4) is 0 Å². The fourth-order valence-corrected chi connectivity index (χ4v) is 3.96. The van der Waals surface area contributed by atoms with Gasteiger partial charge in [-0.15, -0.1) is 0 Å². The Bertz CT molecular complexity index is 477. The van der Waals surface area contributed by atoms with E-state index >= 15 is 0 Å². The van der Waals surface area contributed by atoms with Gasteiger partial charge in [0.2, 0.25) is 0 Å². The molecule has 116 valence electrons. The molecular formula is C17H26BrN3. The summed E-state index contributed by atoms with van der Waals surface area (Å²) in [7, 11) is 0. The molecule has 0 amide bonds. The molecular weight excluding hydrogens is 326 g/mol. The van der Waals surface area contributed by atoms with Crippen LogP contribution in [0.15, 0.2) is 22.7 Å². The summed E-state index contributed by atoms with van der Waals surface area (Å²) in [6.07, 6.45) is 4.16. The maximum Gasteiger partial charge on any atom is 0.0424 e. The highest BCUT2D eigenvalue weighted by atomic mass is 79.9. The van der Waals surface area contributed by atoms with Crippen LogP contribution in [-0.2, 0) is 6.54 Å². The monoisotopic (exact) mass is 351 g/mol. The van der Waals surface area contributed by atoms with E-state index in [0.29, 0.717) is 0 Å². The van der Waals surface area contributed by atoms with Crippen molar-refractivity contribution in [3.8, 4) is 0 Å². The van der Waals surface area contributed by atoms with Crippen LogP contribution in [0.5, 0.6) is 0 Å². The van der Waals surface area contributed by atoms with Crippen molar-refractivity contribution in [1.82, 2.24) is 10.2 Å². The minimum Gasteiger partial charge on any atom is -0.368 e. The Morgan fingerprint density at radius 1 is 1.24 bits per heavy atom. The number of halogens is 1. The fourth-order valence-electron chi connectivity index (χ4n) is 3.62. The molecule has 1 atom stereocenters. The summed E-state index contributed by atoms with van der Waals surface area (Å²) < 4.78 is 1.18. The van der Waals surface area contributed by atoms with Crippen molar-refractivity contribution in [3.05, 3.63) is 28.2 Å². The van der Waals surface area contributed by atoms with E-state index in [1.165, 1.54) is 54.6 Å². The summed E-state index contributed by atoms with van der Waals surface area (Å²) in [5.74, 6) is 0. The Morgan fingerprint density at radius 3 is 3.00 bits per heavy atom. The molecule has 2 saturated heterocycles. The highest BCUT2D eigenvalue weighted by molar-refractivity contribution is 9.10. The van der Waals surface area contributed by atoms with E-state index in [-0.39, 0.29) is 0 Å². The molecule has 1 N–H and O–H groups in total. The Labute approximate surface area is 136 Å². The molecule has 2 fully saturated rings. The average Bonchev–Trinajstić information content (AvgIpc) is 2.53. The van der Waals surface area contributed by atoms with Gasteiger partial charge in [-0.2, -0.15) is 0 Å². The number of nitrogens with one attached hydrogen (secondary N) is 1. The lowest BCUT2D eigenvalue weighted by Crippen LogP contribution is -2.55. The Kier molecular flexibility index (Phi) is 5.19. The van der Waals surface area contributed by atoms with E-state index in [1.807, 2.05) is 0 Å². The standard InChI is InChI=1S/C17H26BrN3/c1-2-19-12-14-6-7-15(18)11-17(14)21-10-9-20-8-4-3-5-16(20)13-21/h6-7,11,16,19H,2-5,8-10,12-13H2,1H3. The number of piperazine rings is 1. The second-order valence-corrected chi connectivity index (χ2v) is 7.10. The third-order valence-corrected chi connectivity index (χ3v) is 5.28. The third-order valence-electron chi connectivity index (χ3n) is 4.79. The number of hydrogen-bond donors (Lipinski definition) is 1. The van der Waals surface area contributed by atoms with Gasteiger partial charge in [-0.1, -0.05) is 35.3 Å². The van der Waals surface area contributed by atoms with Crippen LogP contribution in [0, 0.1) is 0 Å². The zero-order valence-corrected chi connectivity index (χ0v) is 14.5. The van der Waals surface area contributed by atoms with E-state index in [2.05, 4.69) is 56.2 Å². The van der Waals surface area contributed by atoms with Crippen LogP contribution in [0.2, 0.25) is 0 Å². The van der Waals surface area contributed by atoms with Gasteiger partial charge in [0.1, 0.15) is 0 Å². The van der Waals surface area contributed by atoms with Crippen LogP contribution in [0.25, 0.3) is 0 Å². The predicted molar refractivity (Wildman–Crippen MR) is 92.9 cm³/mol. The molecule has 0 bridgehead atoms. The lowest BCUT2D eigenvalue weighted by molar-refractivity contribution is 0.133. The molecule has 2 aliphatic rings. The van der Waals surface area contributed by atoms with Gasteiger partial charge in [-0.25, -0.2) is 0 Å². The number of fused-ring (bicyclic) bond motifs is 1. The van der Waals surface area contributed by atoms with Gasteiger partial charge in [-0.05, 0) is 43.6 Å². The summed E-state index contributed by atoms with van der Waals surface area (Å²) in [6, 6.07) is 7.48. The maximum atomic E-state index is 3.64. The van der Waals surface area contributed by atoms with E-state index in [0.717, 1.165) is 25.7 Å². The van der Waals surface area contributed by atoms with Crippen molar-refractivity contribution in [3.63, 3.8) is 0 Å². The molecule has 21 heavy (non-hydrogen) atoms. The molecule has 1 aromatic carbocycles. The van der Waals surface area contributed by atoms with Crippen LogP contribution < -0.4 is 10.2 Å². The van der Waals surface area contributed by atoms with Crippen molar-refractivity contribution in [1.29, 1.82) is 0 Å². The number of nitrogens with zero attached hydrogens (tertiary/aromatic N) is 2. The molecule has 2 aliphatic heterocycles. The Balaban J connectivity index is 1.77. The zero-order valence-electron chi connectivity index (χ0n) is 12.9. The summed E-state index contributed by atoms with van der Waals surface area (Å²) >= 11 is 3.64. The third kappa shape index (κ3) is 3.61. The number of anilines is 1. The molecule has 3 nitrogen and oxygen atoms in total. The first kappa shape index (κ1) is 15.3. The van der Waals surface area contributed by atoms with Gasteiger partial charge in [0.05, 0.1) is 0 Å². The average molecular weight is 352 g/mol. The highest BCUT2D eigenvalue weighted by Crippen LogP contribution is 2.29. The first-order chi connectivity index (χ1) is 10.3. The summed E-state index contributed by atoms with van der Waals surface area (Å²) in [5.41, 5.74) is 2.83. The van der Waals surface area contributed by atoms with Crippen LogP contribution >= 0.6 is 15.9 Å². The van der Waals surface area contributed by atoms with Crippen molar-refractivity contribution >= 4 is 21.6 Å².